The molecule has 0 bridgehead atoms. The third-order valence-corrected chi connectivity index (χ3v) is 6.10. The first-order chi connectivity index (χ1) is 13.4. The molecule has 148 valence electrons. The second-order valence-electron chi connectivity index (χ2n) is 6.62. The Bertz CT molecular complexity index is 938. The van der Waals surface area contributed by atoms with E-state index in [0.717, 1.165) is 31.7 Å². The fraction of sp³-hybridized carbons (Fsp3) is 0.368. The molecule has 0 saturated carbocycles. The van der Waals surface area contributed by atoms with Crippen LogP contribution in [0.15, 0.2) is 23.3 Å². The largest absolute Gasteiger partial charge is 0.500 e. The number of phenolic OH excluding ortho intramolecular Hbond substituents is 1. The molecule has 0 spiro atoms. The smallest absolute Gasteiger partial charge is 0.315 e. The molecule has 0 aliphatic heterocycles. The molecule has 2 N–H and O–H groups in total. The van der Waals surface area contributed by atoms with Gasteiger partial charge in [0.1, 0.15) is 0 Å². The highest BCUT2D eigenvalue weighted by Gasteiger charge is 2.22. The SMILES string of the molecule is CC[C@@H]1CCc2sc(C(=O)N/N=C\c3cc(OC)c(O)c([N+](=O)[O-])c3)cc2C1. The third-order valence-electron chi connectivity index (χ3n) is 4.86. The number of hydrogen-bond acceptors (Lipinski definition) is 7. The minimum Gasteiger partial charge on any atom is -0.500 e. The van der Waals surface area contributed by atoms with E-state index in [2.05, 4.69) is 17.5 Å². The first kappa shape index (κ1) is 19.8. The summed E-state index contributed by atoms with van der Waals surface area (Å²) in [4.78, 5) is 24.5. The monoisotopic (exact) mass is 403 g/mol. The maximum absolute atomic E-state index is 12.4. The van der Waals surface area contributed by atoms with Crippen molar-refractivity contribution in [2.24, 2.45) is 11.0 Å². The zero-order valence-corrected chi connectivity index (χ0v) is 16.4. The van der Waals surface area contributed by atoms with E-state index >= 15 is 0 Å². The number of thiophene rings is 1. The van der Waals surface area contributed by atoms with Gasteiger partial charge in [-0.05, 0) is 42.9 Å². The van der Waals surface area contributed by atoms with E-state index in [9.17, 15) is 20.0 Å². The van der Waals surface area contributed by atoms with Gasteiger partial charge in [-0.15, -0.1) is 11.3 Å². The van der Waals surface area contributed by atoms with Crippen LogP contribution in [0.3, 0.4) is 0 Å². The van der Waals surface area contributed by atoms with Gasteiger partial charge in [-0.1, -0.05) is 13.3 Å². The highest BCUT2D eigenvalue weighted by Crippen LogP contribution is 2.36. The fourth-order valence-corrected chi connectivity index (χ4v) is 4.36. The minimum absolute atomic E-state index is 0.0432. The molecule has 1 aromatic carbocycles. The number of nitrogens with one attached hydrogen (secondary N) is 1. The summed E-state index contributed by atoms with van der Waals surface area (Å²) in [5.41, 5.74) is 3.52. The van der Waals surface area contributed by atoms with Crippen LogP contribution in [0, 0.1) is 16.0 Å². The molecular formula is C19H21N3O5S. The van der Waals surface area contributed by atoms with Gasteiger partial charge in [0.25, 0.3) is 5.91 Å². The predicted molar refractivity (Wildman–Crippen MR) is 106 cm³/mol. The summed E-state index contributed by atoms with van der Waals surface area (Å²) in [6.45, 7) is 2.19. The first-order valence-corrected chi connectivity index (χ1v) is 9.75. The number of nitrogens with zero attached hydrogens (tertiary/aromatic N) is 2. The molecule has 9 heteroatoms. The van der Waals surface area contributed by atoms with Crippen molar-refractivity contribution in [3.8, 4) is 11.5 Å². The van der Waals surface area contributed by atoms with Gasteiger partial charge in [-0.2, -0.15) is 5.10 Å². The summed E-state index contributed by atoms with van der Waals surface area (Å²) in [6.07, 6.45) is 5.59. The molecule has 3 rings (SSSR count). The lowest BCUT2D eigenvalue weighted by Crippen LogP contribution is -2.16. The van der Waals surface area contributed by atoms with Gasteiger partial charge in [0.2, 0.25) is 5.75 Å². The van der Waals surface area contributed by atoms with Crippen LogP contribution in [0.5, 0.6) is 11.5 Å². The van der Waals surface area contributed by atoms with E-state index in [0.29, 0.717) is 16.4 Å². The van der Waals surface area contributed by atoms with E-state index in [1.165, 1.54) is 41.2 Å². The van der Waals surface area contributed by atoms with Crippen molar-refractivity contribution in [2.75, 3.05) is 7.11 Å². The van der Waals surface area contributed by atoms with E-state index in [1.54, 1.807) is 0 Å². The number of methoxy groups -OCH3 is 1. The number of fused-ring (bicyclic) bond motifs is 1. The highest BCUT2D eigenvalue weighted by atomic mass is 32.1. The van der Waals surface area contributed by atoms with Crippen molar-refractivity contribution >= 4 is 29.1 Å². The van der Waals surface area contributed by atoms with Gasteiger partial charge in [-0.3, -0.25) is 14.9 Å². The van der Waals surface area contributed by atoms with Crippen LogP contribution in [0.25, 0.3) is 0 Å². The Morgan fingerprint density at radius 2 is 2.29 bits per heavy atom. The Balaban J connectivity index is 1.71. The molecule has 8 nitrogen and oxygen atoms in total. The Morgan fingerprint density at radius 1 is 1.50 bits per heavy atom. The standard InChI is InChI=1S/C19H21N3O5S/c1-3-11-4-5-16-13(6-11)9-17(28-16)19(24)21-20-10-12-7-14(22(25)26)18(23)15(8-12)27-2/h7-11,23H,3-6H2,1-2H3,(H,21,24)/b20-10-/t11-/m1/s1. The molecule has 1 aromatic heterocycles. The van der Waals surface area contributed by atoms with Gasteiger partial charge in [0, 0.05) is 16.5 Å². The molecule has 1 amide bonds. The lowest BCUT2D eigenvalue weighted by molar-refractivity contribution is -0.386. The summed E-state index contributed by atoms with van der Waals surface area (Å²) in [7, 11) is 1.29. The van der Waals surface area contributed by atoms with Crippen LogP contribution in [0.2, 0.25) is 0 Å². The van der Waals surface area contributed by atoms with Crippen molar-refractivity contribution in [2.45, 2.75) is 32.6 Å². The number of amides is 1. The molecule has 1 aliphatic rings. The van der Waals surface area contributed by atoms with Crippen molar-refractivity contribution < 1.29 is 19.6 Å². The van der Waals surface area contributed by atoms with Crippen LogP contribution in [0.4, 0.5) is 5.69 Å². The zero-order valence-electron chi connectivity index (χ0n) is 15.6. The van der Waals surface area contributed by atoms with E-state index in [1.807, 2.05) is 6.07 Å². The van der Waals surface area contributed by atoms with E-state index in [4.69, 9.17) is 4.74 Å². The van der Waals surface area contributed by atoms with Gasteiger partial charge >= 0.3 is 5.69 Å². The average molecular weight is 403 g/mol. The number of aromatic hydroxyl groups is 1. The Kier molecular flexibility index (Phi) is 5.93. The number of rotatable bonds is 6. The Hall–Kier alpha value is -2.94. The average Bonchev–Trinajstić information content (AvgIpc) is 3.11. The molecule has 1 atom stereocenters. The van der Waals surface area contributed by atoms with Gasteiger partial charge in [-0.25, -0.2) is 5.43 Å². The third kappa shape index (κ3) is 4.14. The zero-order chi connectivity index (χ0) is 20.3. The molecule has 0 unspecified atom stereocenters. The Labute approximate surface area is 166 Å². The molecule has 0 radical (unpaired) electrons. The number of carbonyl (C=O) groups excluding carboxylic acids is 1. The number of hydrazone groups is 1. The Morgan fingerprint density at radius 3 is 2.96 bits per heavy atom. The van der Waals surface area contributed by atoms with Crippen molar-refractivity contribution in [3.63, 3.8) is 0 Å². The molecule has 0 fully saturated rings. The van der Waals surface area contributed by atoms with Gasteiger partial charge in [0.05, 0.1) is 23.1 Å². The normalized spacial score (nSPS) is 16.0. The molecule has 2 aromatic rings. The summed E-state index contributed by atoms with van der Waals surface area (Å²) >= 11 is 1.49. The van der Waals surface area contributed by atoms with Crippen LogP contribution in [0.1, 0.15) is 45.4 Å². The number of benzene rings is 1. The summed E-state index contributed by atoms with van der Waals surface area (Å²) in [5, 5.41) is 24.7. The summed E-state index contributed by atoms with van der Waals surface area (Å²) in [6, 6.07) is 4.48. The number of carbonyl (C=O) groups is 1. The van der Waals surface area contributed by atoms with Crippen LogP contribution >= 0.6 is 11.3 Å². The number of hydrogen-bond donors (Lipinski definition) is 2. The molecule has 0 saturated heterocycles. The summed E-state index contributed by atoms with van der Waals surface area (Å²) < 4.78 is 4.94. The van der Waals surface area contributed by atoms with Crippen molar-refractivity contribution in [1.82, 2.24) is 5.43 Å². The predicted octanol–water partition coefficient (Wildman–Crippen LogP) is 3.65. The van der Waals surface area contributed by atoms with E-state index < -0.39 is 16.4 Å². The van der Waals surface area contributed by atoms with Crippen LogP contribution < -0.4 is 10.2 Å². The van der Waals surface area contributed by atoms with Crippen LogP contribution in [-0.2, 0) is 12.8 Å². The molecular weight excluding hydrogens is 382 g/mol. The highest BCUT2D eigenvalue weighted by molar-refractivity contribution is 7.14. The number of nitro benzene ring substituents is 1. The second-order valence-corrected chi connectivity index (χ2v) is 7.76. The minimum atomic E-state index is -0.715. The summed E-state index contributed by atoms with van der Waals surface area (Å²) in [5.74, 6) is -0.234. The topological polar surface area (TPSA) is 114 Å². The van der Waals surface area contributed by atoms with Gasteiger partial charge < -0.3 is 9.84 Å². The molecule has 28 heavy (non-hydrogen) atoms. The molecule has 1 heterocycles. The maximum Gasteiger partial charge on any atom is 0.315 e. The fourth-order valence-electron chi connectivity index (χ4n) is 3.26. The maximum atomic E-state index is 12.4. The van der Waals surface area contributed by atoms with Crippen molar-refractivity contribution in [1.29, 1.82) is 0 Å². The van der Waals surface area contributed by atoms with Gasteiger partial charge in [0.15, 0.2) is 5.75 Å². The quantitative estimate of drug-likeness (QED) is 0.434. The lowest BCUT2D eigenvalue weighted by Gasteiger charge is -2.19. The lowest BCUT2D eigenvalue weighted by atomic mass is 9.87. The van der Waals surface area contributed by atoms with Crippen LogP contribution in [-0.4, -0.2) is 29.3 Å². The molecule has 1 aliphatic carbocycles. The number of nitro groups is 1. The number of ether oxygens (including phenoxy) is 1. The number of phenols is 1. The van der Waals surface area contributed by atoms with Crippen molar-refractivity contribution in [3.05, 3.63) is 49.2 Å². The first-order valence-electron chi connectivity index (χ1n) is 8.93. The second kappa shape index (κ2) is 8.39. The van der Waals surface area contributed by atoms with E-state index in [-0.39, 0.29) is 11.7 Å². The number of aryl methyl sites for hydroxylation is 1.